The van der Waals surface area contributed by atoms with Crippen molar-refractivity contribution in [3.8, 4) is 0 Å². The van der Waals surface area contributed by atoms with Gasteiger partial charge < -0.3 is 10.6 Å². The average Bonchev–Trinajstić information content (AvgIpc) is 3.14. The van der Waals surface area contributed by atoms with Gasteiger partial charge in [-0.3, -0.25) is 4.79 Å². The molecule has 126 valence electrons. The van der Waals surface area contributed by atoms with Crippen molar-refractivity contribution < 1.29 is 4.79 Å². The molecule has 1 aliphatic heterocycles. The molecule has 1 aliphatic rings. The second kappa shape index (κ2) is 8.65. The highest BCUT2D eigenvalue weighted by molar-refractivity contribution is 5.95. The molecule has 1 saturated heterocycles. The van der Waals surface area contributed by atoms with Crippen molar-refractivity contribution in [3.05, 3.63) is 71.3 Å². The SMILES string of the molecule is O=C(NCCC1CCNC1)c1ccccc1CCc1ccccc1. The highest BCUT2D eigenvalue weighted by Gasteiger charge is 2.15. The van der Waals surface area contributed by atoms with Crippen LogP contribution in [0.25, 0.3) is 0 Å². The molecule has 2 aromatic carbocycles. The van der Waals surface area contributed by atoms with Crippen molar-refractivity contribution in [1.29, 1.82) is 0 Å². The van der Waals surface area contributed by atoms with Gasteiger partial charge >= 0.3 is 0 Å². The minimum atomic E-state index is 0.0598. The summed E-state index contributed by atoms with van der Waals surface area (Å²) in [5.41, 5.74) is 3.25. The summed E-state index contributed by atoms with van der Waals surface area (Å²) in [4.78, 5) is 12.5. The molecule has 0 radical (unpaired) electrons. The third kappa shape index (κ3) is 4.68. The van der Waals surface area contributed by atoms with Crippen LogP contribution in [0.4, 0.5) is 0 Å². The average molecular weight is 322 g/mol. The van der Waals surface area contributed by atoms with Crippen LogP contribution in [0, 0.1) is 5.92 Å². The molecule has 0 bridgehead atoms. The number of nitrogens with one attached hydrogen (secondary N) is 2. The Hall–Kier alpha value is -2.13. The van der Waals surface area contributed by atoms with E-state index in [0.717, 1.165) is 50.0 Å². The molecule has 0 saturated carbocycles. The molecule has 24 heavy (non-hydrogen) atoms. The van der Waals surface area contributed by atoms with Crippen molar-refractivity contribution in [2.45, 2.75) is 25.7 Å². The predicted octanol–water partition coefficient (Wildman–Crippen LogP) is 3.20. The number of rotatable bonds is 7. The van der Waals surface area contributed by atoms with Crippen molar-refractivity contribution in [2.24, 2.45) is 5.92 Å². The molecule has 2 N–H and O–H groups in total. The summed E-state index contributed by atoms with van der Waals surface area (Å²) >= 11 is 0. The highest BCUT2D eigenvalue weighted by atomic mass is 16.1. The number of aryl methyl sites for hydroxylation is 2. The molecule has 0 spiro atoms. The summed E-state index contributed by atoms with van der Waals surface area (Å²) in [6.45, 7) is 2.96. The van der Waals surface area contributed by atoms with E-state index in [1.54, 1.807) is 0 Å². The second-order valence-corrected chi connectivity index (χ2v) is 6.55. The third-order valence-corrected chi connectivity index (χ3v) is 4.79. The van der Waals surface area contributed by atoms with Crippen LogP contribution in [-0.4, -0.2) is 25.5 Å². The summed E-state index contributed by atoms with van der Waals surface area (Å²) in [5, 5.41) is 6.47. The summed E-state index contributed by atoms with van der Waals surface area (Å²) in [6.07, 6.45) is 4.13. The Balaban J connectivity index is 1.55. The van der Waals surface area contributed by atoms with Gasteiger partial charge in [0, 0.05) is 12.1 Å². The molecule has 1 heterocycles. The van der Waals surface area contributed by atoms with Crippen LogP contribution >= 0.6 is 0 Å². The fraction of sp³-hybridized carbons (Fsp3) is 0.381. The van der Waals surface area contributed by atoms with Gasteiger partial charge in [0.25, 0.3) is 5.91 Å². The zero-order valence-corrected chi connectivity index (χ0v) is 14.1. The van der Waals surface area contributed by atoms with Crippen molar-refractivity contribution in [3.63, 3.8) is 0 Å². The maximum absolute atomic E-state index is 12.5. The number of carbonyl (C=O) groups is 1. The first-order valence-corrected chi connectivity index (χ1v) is 8.93. The number of hydrogen-bond acceptors (Lipinski definition) is 2. The van der Waals surface area contributed by atoms with E-state index < -0.39 is 0 Å². The fourth-order valence-corrected chi connectivity index (χ4v) is 3.33. The Morgan fingerprint density at radius 1 is 1.04 bits per heavy atom. The monoisotopic (exact) mass is 322 g/mol. The molecule has 0 aliphatic carbocycles. The molecule has 2 aromatic rings. The van der Waals surface area contributed by atoms with Crippen LogP contribution in [-0.2, 0) is 12.8 Å². The van der Waals surface area contributed by atoms with Gasteiger partial charge in [0.05, 0.1) is 0 Å². The van der Waals surface area contributed by atoms with Gasteiger partial charge in [-0.1, -0.05) is 48.5 Å². The normalized spacial score (nSPS) is 16.9. The van der Waals surface area contributed by atoms with Crippen LogP contribution in [0.1, 0.15) is 34.3 Å². The van der Waals surface area contributed by atoms with Crippen molar-refractivity contribution in [1.82, 2.24) is 10.6 Å². The minimum Gasteiger partial charge on any atom is -0.352 e. The lowest BCUT2D eigenvalue weighted by molar-refractivity contribution is 0.0950. The lowest BCUT2D eigenvalue weighted by Crippen LogP contribution is -2.27. The molecule has 3 nitrogen and oxygen atoms in total. The maximum Gasteiger partial charge on any atom is 0.251 e. The highest BCUT2D eigenvalue weighted by Crippen LogP contribution is 2.14. The fourth-order valence-electron chi connectivity index (χ4n) is 3.33. The van der Waals surface area contributed by atoms with Crippen LogP contribution in [0.15, 0.2) is 54.6 Å². The van der Waals surface area contributed by atoms with Gasteiger partial charge in [-0.25, -0.2) is 0 Å². The van der Waals surface area contributed by atoms with E-state index in [0.29, 0.717) is 5.92 Å². The van der Waals surface area contributed by atoms with Crippen molar-refractivity contribution >= 4 is 5.91 Å². The topological polar surface area (TPSA) is 41.1 Å². The van der Waals surface area contributed by atoms with E-state index in [-0.39, 0.29) is 5.91 Å². The first-order chi connectivity index (χ1) is 11.8. The molecule has 3 heteroatoms. The van der Waals surface area contributed by atoms with Gasteiger partial charge in [0.2, 0.25) is 0 Å². The maximum atomic E-state index is 12.5. The third-order valence-electron chi connectivity index (χ3n) is 4.79. The number of amides is 1. The van der Waals surface area contributed by atoms with Gasteiger partial charge in [0.15, 0.2) is 0 Å². The van der Waals surface area contributed by atoms with Gasteiger partial charge in [-0.15, -0.1) is 0 Å². The first-order valence-electron chi connectivity index (χ1n) is 8.93. The van der Waals surface area contributed by atoms with Crippen LogP contribution < -0.4 is 10.6 Å². The number of carbonyl (C=O) groups excluding carboxylic acids is 1. The number of hydrogen-bond donors (Lipinski definition) is 2. The zero-order chi connectivity index (χ0) is 16.6. The minimum absolute atomic E-state index is 0.0598. The smallest absolute Gasteiger partial charge is 0.251 e. The standard InChI is InChI=1S/C21H26N2O/c24-21(23-15-13-18-12-14-22-16-18)20-9-5-4-8-19(20)11-10-17-6-2-1-3-7-17/h1-9,18,22H,10-16H2,(H,23,24). The van der Waals surface area contributed by atoms with E-state index >= 15 is 0 Å². The lowest BCUT2D eigenvalue weighted by Gasteiger charge is -2.12. The van der Waals surface area contributed by atoms with Crippen LogP contribution in [0.2, 0.25) is 0 Å². The number of benzene rings is 2. The van der Waals surface area contributed by atoms with Crippen LogP contribution in [0.5, 0.6) is 0 Å². The molecule has 1 amide bonds. The first kappa shape index (κ1) is 16.7. The van der Waals surface area contributed by atoms with E-state index in [4.69, 9.17) is 0 Å². The Kier molecular flexibility index (Phi) is 6.02. The zero-order valence-electron chi connectivity index (χ0n) is 14.1. The summed E-state index contributed by atoms with van der Waals surface area (Å²) in [5.74, 6) is 0.767. The van der Waals surface area contributed by atoms with E-state index in [1.165, 1.54) is 12.0 Å². The van der Waals surface area contributed by atoms with Gasteiger partial charge in [-0.2, -0.15) is 0 Å². The molecular formula is C21H26N2O. The Morgan fingerprint density at radius 2 is 1.83 bits per heavy atom. The van der Waals surface area contributed by atoms with Gasteiger partial charge in [-0.05, 0) is 61.9 Å². The van der Waals surface area contributed by atoms with E-state index in [2.05, 4.69) is 41.0 Å². The second-order valence-electron chi connectivity index (χ2n) is 6.55. The van der Waals surface area contributed by atoms with Gasteiger partial charge in [0.1, 0.15) is 0 Å². The molecule has 1 fully saturated rings. The molecule has 1 unspecified atom stereocenters. The summed E-state index contributed by atoms with van der Waals surface area (Å²) in [7, 11) is 0. The van der Waals surface area contributed by atoms with E-state index in [9.17, 15) is 4.79 Å². The van der Waals surface area contributed by atoms with E-state index in [1.807, 2.05) is 24.3 Å². The van der Waals surface area contributed by atoms with Crippen LogP contribution in [0.3, 0.4) is 0 Å². The quantitative estimate of drug-likeness (QED) is 0.822. The van der Waals surface area contributed by atoms with Crippen molar-refractivity contribution in [2.75, 3.05) is 19.6 Å². The Morgan fingerprint density at radius 3 is 2.62 bits per heavy atom. The molecular weight excluding hydrogens is 296 g/mol. The largest absolute Gasteiger partial charge is 0.352 e. The molecule has 1 atom stereocenters. The summed E-state index contributed by atoms with van der Waals surface area (Å²) < 4.78 is 0. The molecule has 3 rings (SSSR count). The predicted molar refractivity (Wildman–Crippen MR) is 98.2 cm³/mol. The molecule has 0 aromatic heterocycles. The summed E-state index contributed by atoms with van der Waals surface area (Å²) in [6, 6.07) is 18.4. The lowest BCUT2D eigenvalue weighted by atomic mass is 9.99. The Labute approximate surface area is 144 Å². The Bertz CT molecular complexity index is 648.